The van der Waals surface area contributed by atoms with E-state index in [4.69, 9.17) is 4.42 Å². The second-order valence-electron chi connectivity index (χ2n) is 4.66. The summed E-state index contributed by atoms with van der Waals surface area (Å²) < 4.78 is 5.14. The maximum atomic E-state index is 12.0. The lowest BCUT2D eigenvalue weighted by Gasteiger charge is -2.13. The summed E-state index contributed by atoms with van der Waals surface area (Å²) >= 11 is 1.61. The average Bonchev–Trinajstić information content (AvgIpc) is 3.21. The summed E-state index contributed by atoms with van der Waals surface area (Å²) in [6.07, 6.45) is 1.27. The van der Waals surface area contributed by atoms with Crippen molar-refractivity contribution in [3.05, 3.63) is 53.0 Å². The standard InChI is InChI=1S/C15H14N4O2S/c1-10(13-6-3-7-22-13)17-15(20)18-12-5-2-4-11(8-12)14-19-16-9-21-14/h2-10H,1H3,(H2,17,18,20). The Hall–Kier alpha value is -2.67. The Morgan fingerprint density at radius 3 is 2.95 bits per heavy atom. The highest BCUT2D eigenvalue weighted by Crippen LogP contribution is 2.21. The fraction of sp³-hybridized carbons (Fsp3) is 0.133. The molecule has 0 saturated heterocycles. The van der Waals surface area contributed by atoms with Gasteiger partial charge in [0.05, 0.1) is 6.04 Å². The quantitative estimate of drug-likeness (QED) is 0.770. The van der Waals surface area contributed by atoms with Gasteiger partial charge in [-0.25, -0.2) is 4.79 Å². The van der Waals surface area contributed by atoms with Gasteiger partial charge >= 0.3 is 6.03 Å². The van der Waals surface area contributed by atoms with Crippen LogP contribution >= 0.6 is 11.3 Å². The highest BCUT2D eigenvalue weighted by Gasteiger charge is 2.11. The van der Waals surface area contributed by atoms with Gasteiger partial charge in [0.1, 0.15) is 0 Å². The topological polar surface area (TPSA) is 80.0 Å². The first-order valence-corrected chi connectivity index (χ1v) is 7.58. The van der Waals surface area contributed by atoms with Crippen molar-refractivity contribution >= 4 is 23.1 Å². The summed E-state index contributed by atoms with van der Waals surface area (Å²) in [4.78, 5) is 13.2. The Balaban J connectivity index is 1.65. The third-order valence-electron chi connectivity index (χ3n) is 3.04. The number of carbonyl (C=O) groups is 1. The Labute approximate surface area is 131 Å². The molecule has 22 heavy (non-hydrogen) atoms. The fourth-order valence-electron chi connectivity index (χ4n) is 2.00. The van der Waals surface area contributed by atoms with E-state index in [0.29, 0.717) is 11.6 Å². The van der Waals surface area contributed by atoms with E-state index in [-0.39, 0.29) is 12.1 Å². The molecule has 7 heteroatoms. The zero-order chi connectivity index (χ0) is 15.4. The number of nitrogens with zero attached hydrogens (tertiary/aromatic N) is 2. The van der Waals surface area contributed by atoms with Crippen LogP contribution in [0.3, 0.4) is 0 Å². The van der Waals surface area contributed by atoms with Crippen LogP contribution in [0.5, 0.6) is 0 Å². The Morgan fingerprint density at radius 1 is 1.32 bits per heavy atom. The highest BCUT2D eigenvalue weighted by atomic mass is 32.1. The molecule has 0 radical (unpaired) electrons. The van der Waals surface area contributed by atoms with Gasteiger partial charge in [0.15, 0.2) is 0 Å². The predicted octanol–water partition coefficient (Wildman–Crippen LogP) is 3.68. The van der Waals surface area contributed by atoms with E-state index in [0.717, 1.165) is 10.4 Å². The molecule has 0 aliphatic rings. The maximum Gasteiger partial charge on any atom is 0.319 e. The molecule has 1 aromatic carbocycles. The van der Waals surface area contributed by atoms with Crippen LogP contribution in [0.2, 0.25) is 0 Å². The lowest BCUT2D eigenvalue weighted by atomic mass is 10.2. The Bertz CT molecular complexity index is 741. The van der Waals surface area contributed by atoms with Gasteiger partial charge in [0.25, 0.3) is 0 Å². The predicted molar refractivity (Wildman–Crippen MR) is 84.6 cm³/mol. The average molecular weight is 314 g/mol. The Morgan fingerprint density at radius 2 is 2.23 bits per heavy atom. The zero-order valence-corrected chi connectivity index (χ0v) is 12.6. The monoisotopic (exact) mass is 314 g/mol. The van der Waals surface area contributed by atoms with Crippen LogP contribution in [0, 0.1) is 0 Å². The van der Waals surface area contributed by atoms with Crippen LogP contribution in [-0.2, 0) is 0 Å². The summed E-state index contributed by atoms with van der Waals surface area (Å²) in [6.45, 7) is 1.94. The number of aromatic nitrogens is 2. The largest absolute Gasteiger partial charge is 0.423 e. The molecule has 2 aromatic heterocycles. The third-order valence-corrected chi connectivity index (χ3v) is 4.10. The van der Waals surface area contributed by atoms with Gasteiger partial charge < -0.3 is 15.1 Å². The van der Waals surface area contributed by atoms with Crippen molar-refractivity contribution < 1.29 is 9.21 Å². The summed E-state index contributed by atoms with van der Waals surface area (Å²) in [5, 5.41) is 15.2. The second kappa shape index (κ2) is 6.40. The van der Waals surface area contributed by atoms with Crippen molar-refractivity contribution in [1.29, 1.82) is 0 Å². The van der Waals surface area contributed by atoms with E-state index >= 15 is 0 Å². The van der Waals surface area contributed by atoms with Gasteiger partial charge in [-0.1, -0.05) is 12.1 Å². The van der Waals surface area contributed by atoms with Gasteiger partial charge in [-0.3, -0.25) is 0 Å². The first-order valence-electron chi connectivity index (χ1n) is 6.70. The number of nitrogens with one attached hydrogen (secondary N) is 2. The number of urea groups is 1. The molecule has 0 saturated carbocycles. The van der Waals surface area contributed by atoms with Crippen LogP contribution in [-0.4, -0.2) is 16.2 Å². The van der Waals surface area contributed by atoms with Crippen LogP contribution in [0.4, 0.5) is 10.5 Å². The summed E-state index contributed by atoms with van der Waals surface area (Å²) in [7, 11) is 0. The molecule has 2 amide bonds. The maximum absolute atomic E-state index is 12.0. The van der Waals surface area contributed by atoms with E-state index < -0.39 is 0 Å². The summed E-state index contributed by atoms with van der Waals surface area (Å²) in [6, 6.07) is 10.9. The highest BCUT2D eigenvalue weighted by molar-refractivity contribution is 7.10. The SMILES string of the molecule is CC(NC(=O)Nc1cccc(-c2nnco2)c1)c1cccs1. The molecule has 0 aliphatic carbocycles. The number of anilines is 1. The number of rotatable bonds is 4. The molecule has 0 fully saturated rings. The number of hydrogen-bond acceptors (Lipinski definition) is 5. The molecule has 3 rings (SSSR count). The van der Waals surface area contributed by atoms with E-state index in [1.54, 1.807) is 23.5 Å². The lowest BCUT2D eigenvalue weighted by molar-refractivity contribution is 0.249. The van der Waals surface area contributed by atoms with Gasteiger partial charge in [-0.15, -0.1) is 21.5 Å². The Kier molecular flexibility index (Phi) is 4.15. The molecule has 1 unspecified atom stereocenters. The van der Waals surface area contributed by atoms with E-state index in [1.165, 1.54) is 6.39 Å². The molecule has 6 nitrogen and oxygen atoms in total. The minimum Gasteiger partial charge on any atom is -0.423 e. The van der Waals surface area contributed by atoms with Crippen molar-refractivity contribution in [3.8, 4) is 11.5 Å². The van der Waals surface area contributed by atoms with Crippen molar-refractivity contribution in [2.24, 2.45) is 0 Å². The molecule has 1 atom stereocenters. The van der Waals surface area contributed by atoms with Gasteiger partial charge in [0, 0.05) is 16.1 Å². The fourth-order valence-corrected chi connectivity index (χ4v) is 2.74. The minimum absolute atomic E-state index is 0.0425. The van der Waals surface area contributed by atoms with Crippen molar-refractivity contribution in [2.75, 3.05) is 5.32 Å². The van der Waals surface area contributed by atoms with Gasteiger partial charge in [-0.2, -0.15) is 0 Å². The second-order valence-corrected chi connectivity index (χ2v) is 5.64. The van der Waals surface area contributed by atoms with E-state index in [1.807, 2.05) is 36.6 Å². The van der Waals surface area contributed by atoms with Gasteiger partial charge in [0.2, 0.25) is 12.3 Å². The molecule has 3 aromatic rings. The molecular formula is C15H14N4O2S. The molecule has 2 heterocycles. The van der Waals surface area contributed by atoms with Crippen molar-refractivity contribution in [3.63, 3.8) is 0 Å². The number of amides is 2. The van der Waals surface area contributed by atoms with Crippen LogP contribution in [0.15, 0.2) is 52.6 Å². The number of benzene rings is 1. The number of carbonyl (C=O) groups excluding carboxylic acids is 1. The zero-order valence-electron chi connectivity index (χ0n) is 11.8. The number of thiophene rings is 1. The summed E-state index contributed by atoms with van der Waals surface area (Å²) in [5.41, 5.74) is 1.41. The smallest absolute Gasteiger partial charge is 0.319 e. The third kappa shape index (κ3) is 3.32. The lowest BCUT2D eigenvalue weighted by Crippen LogP contribution is -2.30. The molecule has 0 spiro atoms. The first-order chi connectivity index (χ1) is 10.7. The molecule has 0 bridgehead atoms. The van der Waals surface area contributed by atoms with E-state index in [2.05, 4.69) is 20.8 Å². The van der Waals surface area contributed by atoms with Crippen molar-refractivity contribution in [1.82, 2.24) is 15.5 Å². The molecular weight excluding hydrogens is 300 g/mol. The summed E-state index contributed by atoms with van der Waals surface area (Å²) in [5.74, 6) is 0.413. The number of hydrogen-bond donors (Lipinski definition) is 2. The molecule has 2 N–H and O–H groups in total. The van der Waals surface area contributed by atoms with Crippen LogP contribution < -0.4 is 10.6 Å². The van der Waals surface area contributed by atoms with E-state index in [9.17, 15) is 4.79 Å². The normalized spacial score (nSPS) is 11.9. The minimum atomic E-state index is -0.261. The van der Waals surface area contributed by atoms with Crippen molar-refractivity contribution in [2.45, 2.75) is 13.0 Å². The first kappa shape index (κ1) is 14.3. The van der Waals surface area contributed by atoms with Crippen LogP contribution in [0.1, 0.15) is 17.8 Å². The van der Waals surface area contributed by atoms with Crippen LogP contribution in [0.25, 0.3) is 11.5 Å². The molecule has 0 aliphatic heterocycles. The van der Waals surface area contributed by atoms with Gasteiger partial charge in [-0.05, 0) is 36.6 Å². The molecule has 112 valence electrons.